The minimum absolute atomic E-state index is 0. The number of carbonyl (C=O) groups is 2. The molecule has 0 bridgehead atoms. The van der Waals surface area contributed by atoms with Crippen LogP contribution in [0.5, 0.6) is 0 Å². The van der Waals surface area contributed by atoms with Crippen molar-refractivity contribution < 1.29 is 28.9 Å². The second kappa shape index (κ2) is 41.4. The monoisotopic (exact) mass is 1400 g/mol. The lowest BCUT2D eigenvalue weighted by molar-refractivity contribution is -0.109. The molecule has 524 valence electrons. The standard InChI is InChI=1S/C12H19N3OS.C11H17N3O2S.C9H14N2OS.C8H12N2O2S.2C5H8ClNO.C5H8N2O.7CH4/c1-8-10(9(2)15(5)13-8)7-17-11-6-12(3,4)16-14-11;1-7-8(10(15)14(4)12-7)6-17-9-5-11(2,3)16-13-9;1-6-9(5-13-8(3)12)7(2)11(4)10-6;1-5-7(4-13-6(2)11)8(12)10(3)9-5;2*1-5(2)3-4(6)7-8-5;1-4-3-5(8)7(2)6-4;;;;;;;/h6-7H2,1-5H3;12H,5-6H2,1-4H3;5H2,1-4H3;9H,4H2,1-3H3;2*3H2,1-2H3;3,6H,1-2H3;7*1H4. The van der Waals surface area contributed by atoms with Gasteiger partial charge in [-0.15, -0.1) is 23.5 Å². The summed E-state index contributed by atoms with van der Waals surface area (Å²) < 4.78 is 8.15. The van der Waals surface area contributed by atoms with Gasteiger partial charge in [-0.25, -0.2) is 0 Å². The quantitative estimate of drug-likeness (QED) is 0.130. The van der Waals surface area contributed by atoms with Gasteiger partial charge in [-0.1, -0.05) is 119 Å². The third kappa shape index (κ3) is 31.9. The number of H-pyrrole nitrogens is 3. The van der Waals surface area contributed by atoms with E-state index in [9.17, 15) is 24.0 Å². The summed E-state index contributed by atoms with van der Waals surface area (Å²) >= 11 is 16.9. The van der Waals surface area contributed by atoms with E-state index in [1.165, 1.54) is 49.6 Å². The van der Waals surface area contributed by atoms with Gasteiger partial charge in [0.1, 0.15) is 42.8 Å². The summed E-state index contributed by atoms with van der Waals surface area (Å²) in [5, 5.41) is 36.0. The number of thioether (sulfide) groups is 4. The average Bonchev–Trinajstić information content (AvgIpc) is 1.84. The van der Waals surface area contributed by atoms with E-state index < -0.39 is 0 Å². The average molecular weight is 1400 g/mol. The molecule has 0 radical (unpaired) electrons. The van der Waals surface area contributed by atoms with Crippen molar-refractivity contribution in [1.82, 2.24) is 48.9 Å². The molecule has 0 amide bonds. The van der Waals surface area contributed by atoms with Gasteiger partial charge in [-0.3, -0.25) is 57.6 Å². The Bertz CT molecular complexity index is 3340. The molecular weight excluding hydrogens is 1280 g/mol. The van der Waals surface area contributed by atoms with E-state index in [2.05, 4.69) is 73.8 Å². The van der Waals surface area contributed by atoms with E-state index in [-0.39, 0.29) is 101 Å². The van der Waals surface area contributed by atoms with Crippen LogP contribution in [-0.4, -0.2) is 102 Å². The first kappa shape index (κ1) is 94.4. The fraction of sp³-hybridized carbons (Fsp3) is 0.661. The molecule has 29 heteroatoms. The van der Waals surface area contributed by atoms with Gasteiger partial charge in [0.25, 0.3) is 16.7 Å². The van der Waals surface area contributed by atoms with Gasteiger partial charge < -0.3 is 24.4 Å². The van der Waals surface area contributed by atoms with Crippen LogP contribution in [0, 0.1) is 48.5 Å². The summed E-state index contributed by atoms with van der Waals surface area (Å²) in [5.74, 6) is 2.75. The third-order valence-corrected chi connectivity index (χ3v) is 16.6. The Balaban J connectivity index is -0.000000318. The maximum atomic E-state index is 11.8. The summed E-state index contributed by atoms with van der Waals surface area (Å²) in [6, 6.07) is 1.56. The second-order valence-electron chi connectivity index (χ2n) is 22.7. The van der Waals surface area contributed by atoms with Crippen LogP contribution in [0.4, 0.5) is 0 Å². The summed E-state index contributed by atoms with van der Waals surface area (Å²) in [6.45, 7) is 32.8. The molecule has 23 nitrogen and oxygen atoms in total. The van der Waals surface area contributed by atoms with E-state index in [1.807, 2.05) is 99.6 Å². The maximum Gasteiger partial charge on any atom is 0.270 e. The van der Waals surface area contributed by atoms with Crippen LogP contribution in [0.3, 0.4) is 0 Å². The zero-order valence-electron chi connectivity index (χ0n) is 52.7. The van der Waals surface area contributed by atoms with Gasteiger partial charge in [0.05, 0.1) is 11.4 Å². The molecule has 9 rings (SSSR count). The minimum Gasteiger partial charge on any atom is -0.389 e. The Hall–Kier alpha value is -5.35. The molecule has 9 heterocycles. The van der Waals surface area contributed by atoms with Crippen LogP contribution in [-0.2, 0) is 87.2 Å². The van der Waals surface area contributed by atoms with E-state index in [0.29, 0.717) is 27.4 Å². The zero-order valence-corrected chi connectivity index (χ0v) is 57.5. The van der Waals surface area contributed by atoms with E-state index >= 15 is 0 Å². The number of hydrogen-bond acceptors (Lipinski definition) is 19. The highest BCUT2D eigenvalue weighted by Gasteiger charge is 2.31. The molecule has 4 aliphatic heterocycles. The first-order valence-corrected chi connectivity index (χ1v) is 31.5. The lowest BCUT2D eigenvalue weighted by Gasteiger charge is -2.13. The summed E-state index contributed by atoms with van der Waals surface area (Å²) in [5.41, 5.74) is 10.5. The molecule has 3 N–H and O–H groups in total. The van der Waals surface area contributed by atoms with E-state index in [4.69, 9.17) is 42.6 Å². The Labute approximate surface area is 571 Å². The van der Waals surface area contributed by atoms with E-state index in [1.54, 1.807) is 57.7 Å². The van der Waals surface area contributed by atoms with Gasteiger partial charge in [0, 0.05) is 155 Å². The Kier molecular flexibility index (Phi) is 42.9. The van der Waals surface area contributed by atoms with Gasteiger partial charge in [0.2, 0.25) is 0 Å². The van der Waals surface area contributed by atoms with Crippen LogP contribution in [0.25, 0.3) is 0 Å². The van der Waals surface area contributed by atoms with Crippen molar-refractivity contribution in [2.75, 3.05) is 0 Å². The van der Waals surface area contributed by atoms with Gasteiger partial charge in [0.15, 0.2) is 10.2 Å². The topological polar surface area (TPSA) is 270 Å². The SMILES string of the molecule is C.C.C.C.C.C.C.CC(=O)SCc1c(C)[nH]n(C)c1=O.CC(=O)SCc1c(C)nn(C)c1C.CC1(C)CC(Cl)=NO1.CC1(C)CC(Cl)=NO1.Cc1[nH]n(C)c(=O)c1CSC1=NOC(C)(C)C1.Cc1cc(=O)n(C)[nH]1.Cc1nn(C)c(C)c1CSC1=NOC(C)(C)C1. The Morgan fingerprint density at radius 2 is 0.791 bits per heavy atom. The van der Waals surface area contributed by atoms with E-state index in [0.717, 1.165) is 98.8 Å². The van der Waals surface area contributed by atoms with Crippen molar-refractivity contribution in [2.45, 2.75) is 241 Å². The number of rotatable bonds is 8. The number of aromatic amines is 3. The van der Waals surface area contributed by atoms with Crippen molar-refractivity contribution in [1.29, 1.82) is 0 Å². The van der Waals surface area contributed by atoms with Crippen LogP contribution in [0.15, 0.2) is 41.1 Å². The van der Waals surface area contributed by atoms with Crippen molar-refractivity contribution in [3.05, 3.63) is 99.2 Å². The van der Waals surface area contributed by atoms with Gasteiger partial charge >= 0.3 is 0 Å². The fourth-order valence-corrected chi connectivity index (χ4v) is 12.3. The van der Waals surface area contributed by atoms with Crippen LogP contribution < -0.4 is 16.7 Å². The number of halogens is 2. The normalized spacial score (nSPS) is 14.9. The summed E-state index contributed by atoms with van der Waals surface area (Å²) in [7, 11) is 8.98. The highest BCUT2D eigenvalue weighted by Crippen LogP contribution is 2.32. The molecule has 0 aromatic carbocycles. The van der Waals surface area contributed by atoms with Crippen LogP contribution in [0.1, 0.15) is 209 Å². The fourth-order valence-electron chi connectivity index (χ4n) is 7.69. The predicted molar refractivity (Wildman–Crippen MR) is 392 cm³/mol. The number of nitrogens with one attached hydrogen (secondary N) is 3. The van der Waals surface area contributed by atoms with Crippen LogP contribution in [0.2, 0.25) is 0 Å². The molecule has 0 aliphatic carbocycles. The molecule has 0 fully saturated rings. The number of oxime groups is 4. The van der Waals surface area contributed by atoms with Crippen LogP contribution >= 0.6 is 70.2 Å². The first-order valence-electron chi connectivity index (χ1n) is 26.8. The molecule has 0 saturated heterocycles. The summed E-state index contributed by atoms with van der Waals surface area (Å²) in [4.78, 5) is 75.7. The molecule has 0 saturated carbocycles. The molecule has 0 spiro atoms. The molecule has 4 aliphatic rings. The molecule has 0 atom stereocenters. The first-order chi connectivity index (χ1) is 38.7. The number of aromatic nitrogens is 10. The molecular formula is C62H114Cl2N14O9S4. The summed E-state index contributed by atoms with van der Waals surface area (Å²) in [6.07, 6.45) is 3.17. The zero-order chi connectivity index (χ0) is 63.8. The smallest absolute Gasteiger partial charge is 0.270 e. The predicted octanol–water partition coefficient (Wildman–Crippen LogP) is 15.1. The van der Waals surface area contributed by atoms with Crippen molar-refractivity contribution >= 4 is 101 Å². The third-order valence-electron chi connectivity index (χ3n) is 12.5. The Morgan fingerprint density at radius 1 is 0.484 bits per heavy atom. The lowest BCUT2D eigenvalue weighted by atomic mass is 10.1. The maximum absolute atomic E-state index is 11.8. The number of aryl methyl sites for hydroxylation is 10. The molecule has 5 aromatic heterocycles. The minimum atomic E-state index is -0.208. The molecule has 0 unspecified atom stereocenters. The molecule has 5 aromatic rings. The largest absolute Gasteiger partial charge is 0.389 e. The highest BCUT2D eigenvalue weighted by atomic mass is 35.5. The Morgan fingerprint density at radius 3 is 1.00 bits per heavy atom. The highest BCUT2D eigenvalue weighted by molar-refractivity contribution is 8.13. The van der Waals surface area contributed by atoms with Gasteiger partial charge in [-0.2, -0.15) is 10.2 Å². The van der Waals surface area contributed by atoms with Gasteiger partial charge in [-0.05, 0) is 104 Å². The second-order valence-corrected chi connectivity index (χ2v) is 28.0. The number of hydrogen-bond donors (Lipinski definition) is 3. The van der Waals surface area contributed by atoms with Crippen molar-refractivity contribution in [3.8, 4) is 0 Å². The van der Waals surface area contributed by atoms with Crippen molar-refractivity contribution in [2.24, 2.45) is 55.9 Å². The number of nitrogens with zero attached hydrogens (tertiary/aromatic N) is 11. The van der Waals surface area contributed by atoms with Crippen molar-refractivity contribution in [3.63, 3.8) is 0 Å². The number of carbonyl (C=O) groups excluding carboxylic acids is 2. The lowest BCUT2D eigenvalue weighted by Crippen LogP contribution is -2.18. The molecule has 91 heavy (non-hydrogen) atoms.